The molecule has 0 aliphatic heterocycles. The first-order valence-electron chi connectivity index (χ1n) is 12.2. The Labute approximate surface area is 234 Å². The van der Waals surface area contributed by atoms with Crippen molar-refractivity contribution in [1.29, 1.82) is 0 Å². The SMILES string of the molecule is CS(=O)(=O)CC[C@H](NC(=O)c1ccc(COC(Cn2ccnc2)c2nccs2)cc1-c1ccc(F)cc1)C(=O)O. The second-order valence-corrected chi connectivity index (χ2v) is 12.3. The Bertz CT molecular complexity index is 1540. The minimum absolute atomic E-state index is 0.149. The van der Waals surface area contributed by atoms with Gasteiger partial charge >= 0.3 is 5.97 Å². The Balaban J connectivity index is 1.59. The summed E-state index contributed by atoms with van der Waals surface area (Å²) in [6.07, 6.45) is 7.23. The van der Waals surface area contributed by atoms with Crippen LogP contribution in [0.15, 0.2) is 72.8 Å². The highest BCUT2D eigenvalue weighted by atomic mass is 32.2. The van der Waals surface area contributed by atoms with Gasteiger partial charge in [-0.25, -0.2) is 27.6 Å². The first kappa shape index (κ1) is 29.1. The van der Waals surface area contributed by atoms with Gasteiger partial charge in [0.15, 0.2) is 0 Å². The van der Waals surface area contributed by atoms with Gasteiger partial charge in [-0.2, -0.15) is 0 Å². The lowest BCUT2D eigenvalue weighted by atomic mass is 9.96. The zero-order valence-electron chi connectivity index (χ0n) is 21.4. The number of carbonyl (C=O) groups excluding carboxylic acids is 1. The summed E-state index contributed by atoms with van der Waals surface area (Å²) < 4.78 is 44.8. The summed E-state index contributed by atoms with van der Waals surface area (Å²) in [4.78, 5) is 33.4. The van der Waals surface area contributed by atoms with Gasteiger partial charge in [-0.15, -0.1) is 11.3 Å². The summed E-state index contributed by atoms with van der Waals surface area (Å²) in [6.45, 7) is 0.657. The van der Waals surface area contributed by atoms with Gasteiger partial charge in [-0.3, -0.25) is 4.79 Å². The molecule has 40 heavy (non-hydrogen) atoms. The van der Waals surface area contributed by atoms with Gasteiger partial charge in [0.1, 0.15) is 32.8 Å². The van der Waals surface area contributed by atoms with Crippen LogP contribution in [0.3, 0.4) is 0 Å². The van der Waals surface area contributed by atoms with Crippen LogP contribution in [0, 0.1) is 5.82 Å². The van der Waals surface area contributed by atoms with E-state index in [2.05, 4.69) is 15.3 Å². The number of benzene rings is 2. The molecule has 10 nitrogen and oxygen atoms in total. The fourth-order valence-corrected chi connectivity index (χ4v) is 5.29. The number of imidazole rings is 1. The maximum absolute atomic E-state index is 13.7. The lowest BCUT2D eigenvalue weighted by Gasteiger charge is -2.19. The molecule has 1 unspecified atom stereocenters. The molecule has 0 aliphatic carbocycles. The van der Waals surface area contributed by atoms with Crippen LogP contribution in [-0.2, 0) is 32.5 Å². The molecular weight excluding hydrogens is 559 g/mol. The van der Waals surface area contributed by atoms with Gasteiger partial charge in [-0.05, 0) is 47.4 Å². The summed E-state index contributed by atoms with van der Waals surface area (Å²) in [7, 11) is -3.43. The summed E-state index contributed by atoms with van der Waals surface area (Å²) >= 11 is 1.47. The Kier molecular flexibility index (Phi) is 9.40. The molecule has 0 saturated heterocycles. The number of aromatic nitrogens is 3. The van der Waals surface area contributed by atoms with E-state index < -0.39 is 39.3 Å². The summed E-state index contributed by atoms with van der Waals surface area (Å²) in [6, 6.07) is 9.09. The molecule has 0 bridgehead atoms. The van der Waals surface area contributed by atoms with E-state index in [1.807, 2.05) is 16.1 Å². The van der Waals surface area contributed by atoms with E-state index in [1.54, 1.807) is 30.9 Å². The Morgan fingerprint density at radius 3 is 2.58 bits per heavy atom. The number of ether oxygens (including phenoxy) is 1. The number of hydrogen-bond donors (Lipinski definition) is 2. The molecule has 0 radical (unpaired) electrons. The highest BCUT2D eigenvalue weighted by molar-refractivity contribution is 7.90. The number of sulfone groups is 1. The van der Waals surface area contributed by atoms with Gasteiger partial charge in [0.2, 0.25) is 0 Å². The standard InChI is InChI=1S/C27H27FN4O6S2/c1-40(36,37)13-8-23(27(34)35)31-25(33)21-7-2-18(14-22(21)19-3-5-20(28)6-4-19)16-38-24(26-30-10-12-39-26)15-32-11-9-29-17-32/h2-7,9-12,14,17,23-24H,8,13,15-16H2,1H3,(H,31,33)(H,34,35)/t23-,24?/m0/s1. The molecule has 4 rings (SSSR count). The number of nitrogens with zero attached hydrogens (tertiary/aromatic N) is 3. The lowest BCUT2D eigenvalue weighted by Crippen LogP contribution is -2.42. The van der Waals surface area contributed by atoms with E-state index in [-0.39, 0.29) is 24.7 Å². The summed E-state index contributed by atoms with van der Waals surface area (Å²) in [5.74, 6) is -2.90. The number of carboxylic acids is 1. The number of aliphatic carboxylic acids is 1. The normalized spacial score (nSPS) is 13.1. The van der Waals surface area contributed by atoms with E-state index in [1.165, 1.54) is 41.7 Å². The third-order valence-corrected chi connectivity index (χ3v) is 7.82. The molecule has 2 N–H and O–H groups in total. The number of thiazole rings is 1. The van der Waals surface area contributed by atoms with E-state index >= 15 is 0 Å². The average Bonchev–Trinajstić information content (AvgIpc) is 3.63. The Morgan fingerprint density at radius 1 is 1.18 bits per heavy atom. The molecule has 0 spiro atoms. The predicted molar refractivity (Wildman–Crippen MR) is 147 cm³/mol. The van der Waals surface area contributed by atoms with Crippen molar-refractivity contribution in [2.45, 2.75) is 31.7 Å². The van der Waals surface area contributed by atoms with Gasteiger partial charge < -0.3 is 19.7 Å². The second-order valence-electron chi connectivity index (χ2n) is 9.10. The molecule has 2 heterocycles. The van der Waals surface area contributed by atoms with Crippen molar-refractivity contribution in [2.75, 3.05) is 12.0 Å². The minimum atomic E-state index is -3.43. The molecule has 1 amide bonds. The molecule has 13 heteroatoms. The van der Waals surface area contributed by atoms with E-state index in [0.29, 0.717) is 17.7 Å². The first-order chi connectivity index (χ1) is 19.1. The zero-order chi connectivity index (χ0) is 28.7. The largest absolute Gasteiger partial charge is 0.480 e. The number of carboxylic acid groups (broad SMARTS) is 1. The van der Waals surface area contributed by atoms with Crippen LogP contribution >= 0.6 is 11.3 Å². The lowest BCUT2D eigenvalue weighted by molar-refractivity contribution is -0.139. The van der Waals surface area contributed by atoms with Crippen LogP contribution < -0.4 is 5.32 Å². The fourth-order valence-electron chi connectivity index (χ4n) is 3.95. The first-order valence-corrected chi connectivity index (χ1v) is 15.1. The molecule has 0 fully saturated rings. The van der Waals surface area contributed by atoms with Gasteiger partial charge in [0.25, 0.3) is 5.91 Å². The van der Waals surface area contributed by atoms with E-state index in [0.717, 1.165) is 16.8 Å². The number of rotatable bonds is 13. The molecular formula is C27H27FN4O6S2. The topological polar surface area (TPSA) is 140 Å². The highest BCUT2D eigenvalue weighted by Crippen LogP contribution is 2.28. The Morgan fingerprint density at radius 2 is 1.95 bits per heavy atom. The van der Waals surface area contributed by atoms with Crippen molar-refractivity contribution >= 4 is 33.1 Å². The number of amides is 1. The summed E-state index contributed by atoms with van der Waals surface area (Å²) in [5, 5.41) is 14.6. The average molecular weight is 587 g/mol. The van der Waals surface area contributed by atoms with Crippen molar-refractivity contribution in [3.05, 3.63) is 94.7 Å². The van der Waals surface area contributed by atoms with Crippen LogP contribution in [0.2, 0.25) is 0 Å². The molecule has 2 aromatic heterocycles. The quantitative estimate of drug-likeness (QED) is 0.242. The van der Waals surface area contributed by atoms with E-state index in [9.17, 15) is 27.5 Å². The predicted octanol–water partition coefficient (Wildman–Crippen LogP) is 3.72. The molecule has 4 aromatic rings. The third-order valence-electron chi connectivity index (χ3n) is 5.98. The summed E-state index contributed by atoms with van der Waals surface area (Å²) in [5.41, 5.74) is 1.84. The third kappa shape index (κ3) is 8.04. The molecule has 2 atom stereocenters. The number of nitrogens with one attached hydrogen (secondary N) is 1. The van der Waals surface area contributed by atoms with Crippen molar-refractivity contribution in [2.24, 2.45) is 0 Å². The number of hydrogen-bond acceptors (Lipinski definition) is 8. The number of carbonyl (C=O) groups is 2. The van der Waals surface area contributed by atoms with Crippen molar-refractivity contribution in [3.63, 3.8) is 0 Å². The van der Waals surface area contributed by atoms with Crippen molar-refractivity contribution < 1.29 is 32.2 Å². The van der Waals surface area contributed by atoms with Crippen molar-refractivity contribution in [3.8, 4) is 11.1 Å². The molecule has 210 valence electrons. The van der Waals surface area contributed by atoms with Crippen LogP contribution in [0.4, 0.5) is 4.39 Å². The smallest absolute Gasteiger partial charge is 0.326 e. The fraction of sp³-hybridized carbons (Fsp3) is 0.259. The van der Waals surface area contributed by atoms with Gasteiger partial charge in [-0.1, -0.05) is 18.2 Å². The zero-order valence-corrected chi connectivity index (χ0v) is 23.1. The minimum Gasteiger partial charge on any atom is -0.480 e. The monoisotopic (exact) mass is 586 g/mol. The van der Waals surface area contributed by atoms with Crippen molar-refractivity contribution in [1.82, 2.24) is 19.9 Å². The second kappa shape index (κ2) is 12.9. The van der Waals surface area contributed by atoms with Crippen LogP contribution in [0.1, 0.15) is 33.5 Å². The van der Waals surface area contributed by atoms with Gasteiger partial charge in [0.05, 0.1) is 25.2 Å². The van der Waals surface area contributed by atoms with Crippen LogP contribution in [0.25, 0.3) is 11.1 Å². The molecule has 0 saturated carbocycles. The van der Waals surface area contributed by atoms with Gasteiger partial charge in [0, 0.05) is 35.8 Å². The Hall–Kier alpha value is -3.94. The molecule has 2 aromatic carbocycles. The molecule has 0 aliphatic rings. The highest BCUT2D eigenvalue weighted by Gasteiger charge is 2.24. The number of halogens is 1. The maximum atomic E-state index is 13.7. The van der Waals surface area contributed by atoms with Crippen LogP contribution in [0.5, 0.6) is 0 Å². The van der Waals surface area contributed by atoms with Crippen LogP contribution in [-0.4, -0.2) is 58.0 Å². The van der Waals surface area contributed by atoms with E-state index in [4.69, 9.17) is 4.74 Å². The maximum Gasteiger partial charge on any atom is 0.326 e.